The van der Waals surface area contributed by atoms with Gasteiger partial charge in [0.2, 0.25) is 0 Å². The molecule has 0 spiro atoms. The first-order valence-electron chi connectivity index (χ1n) is 7.40. The van der Waals surface area contributed by atoms with Crippen molar-refractivity contribution < 1.29 is 14.0 Å². The molecule has 7 heteroatoms. The van der Waals surface area contributed by atoms with Crippen molar-refractivity contribution in [3.63, 3.8) is 0 Å². The quantitative estimate of drug-likeness (QED) is 0.790. The zero-order chi connectivity index (χ0) is 16.1. The van der Waals surface area contributed by atoms with Crippen molar-refractivity contribution in [2.45, 2.75) is 13.1 Å². The van der Waals surface area contributed by atoms with Gasteiger partial charge in [-0.2, -0.15) is 0 Å². The molecular weight excluding hydrogens is 296 g/mol. The van der Waals surface area contributed by atoms with Gasteiger partial charge in [-0.3, -0.25) is 0 Å². The third-order valence-electron chi connectivity index (χ3n) is 3.58. The molecule has 7 nitrogen and oxygen atoms in total. The van der Waals surface area contributed by atoms with Crippen LogP contribution >= 0.6 is 0 Å². The minimum Gasteiger partial charge on any atom is -0.467 e. The van der Waals surface area contributed by atoms with Gasteiger partial charge in [-0.05, 0) is 23.8 Å². The third kappa shape index (κ3) is 3.82. The smallest absolute Gasteiger partial charge is 0.319 e. The van der Waals surface area contributed by atoms with E-state index in [-0.39, 0.29) is 12.1 Å². The molecule has 0 atom stereocenters. The van der Waals surface area contributed by atoms with Crippen LogP contribution in [0.1, 0.15) is 11.3 Å². The molecule has 1 aromatic heterocycles. The summed E-state index contributed by atoms with van der Waals surface area (Å²) in [4.78, 5) is 25.4. The van der Waals surface area contributed by atoms with Crippen molar-refractivity contribution in [2.24, 2.45) is 0 Å². The Balaban J connectivity index is 1.60. The maximum Gasteiger partial charge on any atom is 0.319 e. The molecule has 120 valence electrons. The highest BCUT2D eigenvalue weighted by molar-refractivity contribution is 5.90. The Morgan fingerprint density at radius 2 is 2.13 bits per heavy atom. The van der Waals surface area contributed by atoms with Gasteiger partial charge in [0, 0.05) is 25.3 Å². The summed E-state index contributed by atoms with van der Waals surface area (Å²) in [6.45, 7) is 2.09. The topological polar surface area (TPSA) is 86.6 Å². The van der Waals surface area contributed by atoms with Crippen molar-refractivity contribution in [1.29, 1.82) is 0 Å². The molecule has 3 rings (SSSR count). The molecule has 1 aliphatic rings. The number of carbonyl (C=O) groups excluding carboxylic acids is 2. The molecule has 1 fully saturated rings. The van der Waals surface area contributed by atoms with Gasteiger partial charge < -0.3 is 25.3 Å². The highest BCUT2D eigenvalue weighted by Crippen LogP contribution is 2.18. The van der Waals surface area contributed by atoms with Crippen molar-refractivity contribution >= 4 is 17.7 Å². The van der Waals surface area contributed by atoms with Crippen LogP contribution in [0.3, 0.4) is 0 Å². The molecular formula is C16H18N4O3. The summed E-state index contributed by atoms with van der Waals surface area (Å²) in [6.07, 6.45) is 1.56. The number of urea groups is 2. The highest BCUT2D eigenvalue weighted by atomic mass is 16.3. The number of rotatable bonds is 5. The summed E-state index contributed by atoms with van der Waals surface area (Å²) in [5.74, 6) is 0.683. The number of nitrogens with one attached hydrogen (secondary N) is 3. The maximum absolute atomic E-state index is 12.0. The fraction of sp³-hybridized carbons (Fsp3) is 0.250. The Morgan fingerprint density at radius 3 is 2.87 bits per heavy atom. The number of para-hydroxylation sites is 1. The lowest BCUT2D eigenvalue weighted by molar-refractivity contribution is 0.215. The van der Waals surface area contributed by atoms with Gasteiger partial charge in [-0.15, -0.1) is 0 Å². The summed E-state index contributed by atoms with van der Waals surface area (Å²) < 4.78 is 5.16. The molecule has 0 radical (unpaired) electrons. The van der Waals surface area contributed by atoms with E-state index < -0.39 is 0 Å². The molecule has 23 heavy (non-hydrogen) atoms. The molecule has 0 bridgehead atoms. The fourth-order valence-electron chi connectivity index (χ4n) is 2.39. The first-order chi connectivity index (χ1) is 11.2. The van der Waals surface area contributed by atoms with Gasteiger partial charge in [-0.25, -0.2) is 9.59 Å². The van der Waals surface area contributed by atoms with E-state index in [0.717, 1.165) is 5.56 Å². The van der Waals surface area contributed by atoms with E-state index in [1.165, 1.54) is 0 Å². The van der Waals surface area contributed by atoms with Gasteiger partial charge >= 0.3 is 12.1 Å². The standard InChI is InChI=1S/C16H18N4O3/c21-15(18-10-13-5-3-9-23-13)19-14-6-2-1-4-12(14)11-20-8-7-17-16(20)22/h1-6,9H,7-8,10-11H2,(H,17,22)(H2,18,19,21). The number of amides is 4. The van der Waals surface area contributed by atoms with E-state index in [2.05, 4.69) is 16.0 Å². The van der Waals surface area contributed by atoms with Crippen molar-refractivity contribution in [1.82, 2.24) is 15.5 Å². The van der Waals surface area contributed by atoms with Crippen LogP contribution in [0.5, 0.6) is 0 Å². The highest BCUT2D eigenvalue weighted by Gasteiger charge is 2.20. The second-order valence-corrected chi connectivity index (χ2v) is 5.20. The molecule has 0 saturated carbocycles. The van der Waals surface area contributed by atoms with E-state index in [9.17, 15) is 9.59 Å². The van der Waals surface area contributed by atoms with Crippen molar-refractivity contribution in [3.05, 3.63) is 54.0 Å². The van der Waals surface area contributed by atoms with Crippen LogP contribution < -0.4 is 16.0 Å². The molecule has 3 N–H and O–H groups in total. The molecule has 1 saturated heterocycles. The number of nitrogens with zero attached hydrogens (tertiary/aromatic N) is 1. The molecule has 1 aromatic carbocycles. The van der Waals surface area contributed by atoms with E-state index in [1.54, 1.807) is 23.3 Å². The van der Waals surface area contributed by atoms with E-state index in [1.807, 2.05) is 24.3 Å². The Bertz CT molecular complexity index is 684. The first kappa shape index (κ1) is 15.0. The Kier molecular flexibility index (Phi) is 4.46. The number of hydrogen-bond donors (Lipinski definition) is 3. The van der Waals surface area contributed by atoms with Crippen molar-refractivity contribution in [3.8, 4) is 0 Å². The SMILES string of the molecule is O=C(NCc1ccco1)Nc1ccccc1CN1CCNC1=O. The average Bonchev–Trinajstić information content (AvgIpc) is 3.20. The minimum absolute atomic E-state index is 0.0814. The number of benzene rings is 1. The van der Waals surface area contributed by atoms with Crippen LogP contribution in [0.25, 0.3) is 0 Å². The van der Waals surface area contributed by atoms with Crippen LogP contribution in [0.4, 0.5) is 15.3 Å². The summed E-state index contributed by atoms with van der Waals surface area (Å²) in [5, 5.41) is 8.30. The zero-order valence-corrected chi connectivity index (χ0v) is 12.5. The molecule has 4 amide bonds. The van der Waals surface area contributed by atoms with Crippen LogP contribution in [-0.4, -0.2) is 30.1 Å². The molecule has 2 aromatic rings. The van der Waals surface area contributed by atoms with E-state index in [0.29, 0.717) is 37.6 Å². The average molecular weight is 314 g/mol. The van der Waals surface area contributed by atoms with E-state index >= 15 is 0 Å². The first-order valence-corrected chi connectivity index (χ1v) is 7.40. The monoisotopic (exact) mass is 314 g/mol. The molecule has 0 unspecified atom stereocenters. The third-order valence-corrected chi connectivity index (χ3v) is 3.58. The minimum atomic E-state index is -0.320. The summed E-state index contributed by atoms with van der Waals surface area (Å²) in [5.41, 5.74) is 1.57. The van der Waals surface area contributed by atoms with Crippen LogP contribution in [0.2, 0.25) is 0 Å². The Labute approximate surface area is 133 Å². The number of anilines is 1. The van der Waals surface area contributed by atoms with Crippen LogP contribution in [0.15, 0.2) is 47.1 Å². The number of carbonyl (C=O) groups is 2. The number of furan rings is 1. The predicted octanol–water partition coefficient (Wildman–Crippen LogP) is 2.13. The second-order valence-electron chi connectivity index (χ2n) is 5.20. The Morgan fingerprint density at radius 1 is 1.26 bits per heavy atom. The maximum atomic E-state index is 12.0. The normalized spacial score (nSPS) is 13.7. The molecule has 1 aliphatic heterocycles. The van der Waals surface area contributed by atoms with Crippen LogP contribution in [-0.2, 0) is 13.1 Å². The van der Waals surface area contributed by atoms with Gasteiger partial charge in [-0.1, -0.05) is 18.2 Å². The summed E-state index contributed by atoms with van der Waals surface area (Å²) in [6, 6.07) is 10.6. The van der Waals surface area contributed by atoms with E-state index in [4.69, 9.17) is 4.42 Å². The lowest BCUT2D eigenvalue weighted by Crippen LogP contribution is -2.30. The zero-order valence-electron chi connectivity index (χ0n) is 12.5. The lowest BCUT2D eigenvalue weighted by Gasteiger charge is -2.17. The summed E-state index contributed by atoms with van der Waals surface area (Å²) in [7, 11) is 0. The largest absolute Gasteiger partial charge is 0.467 e. The Hall–Kier alpha value is -2.96. The summed E-state index contributed by atoms with van der Waals surface area (Å²) >= 11 is 0. The lowest BCUT2D eigenvalue weighted by atomic mass is 10.1. The van der Waals surface area contributed by atoms with Gasteiger partial charge in [0.05, 0.1) is 12.8 Å². The number of hydrogen-bond acceptors (Lipinski definition) is 3. The van der Waals surface area contributed by atoms with Gasteiger partial charge in [0.25, 0.3) is 0 Å². The fourth-order valence-corrected chi connectivity index (χ4v) is 2.39. The predicted molar refractivity (Wildman–Crippen MR) is 84.8 cm³/mol. The van der Waals surface area contributed by atoms with Gasteiger partial charge in [0.15, 0.2) is 0 Å². The second kappa shape index (κ2) is 6.87. The molecule has 0 aliphatic carbocycles. The van der Waals surface area contributed by atoms with Gasteiger partial charge in [0.1, 0.15) is 5.76 Å². The molecule has 2 heterocycles. The van der Waals surface area contributed by atoms with Crippen molar-refractivity contribution in [2.75, 3.05) is 18.4 Å². The van der Waals surface area contributed by atoms with Crippen LogP contribution in [0, 0.1) is 0 Å².